The van der Waals surface area contributed by atoms with Crippen LogP contribution in [-0.2, 0) is 0 Å². The fraction of sp³-hybridized carbons (Fsp3) is 0.900. The van der Waals surface area contributed by atoms with E-state index in [9.17, 15) is 0 Å². The van der Waals surface area contributed by atoms with E-state index in [0.717, 1.165) is 12.8 Å². The van der Waals surface area contributed by atoms with Crippen molar-refractivity contribution in [1.29, 1.82) is 0 Å². The topological polar surface area (TPSA) is 64.8 Å². The molecule has 0 aromatic rings. The zero-order chi connectivity index (χ0) is 10.6. The molecular weight excluding hydrogens is 180 g/mol. The first-order valence-corrected chi connectivity index (χ1v) is 5.08. The van der Waals surface area contributed by atoms with E-state index >= 15 is 0 Å². The molecule has 0 amide bonds. The van der Waals surface area contributed by atoms with Gasteiger partial charge in [0.25, 0.3) is 0 Å². The largest absolute Gasteiger partial charge is 0.411 e. The molecule has 2 aliphatic carbocycles. The molecule has 2 rings (SSSR count). The van der Waals surface area contributed by atoms with Gasteiger partial charge < -0.3 is 10.4 Å². The Hall–Kier alpha value is -0.610. The Morgan fingerprint density at radius 2 is 2.00 bits per heavy atom. The van der Waals surface area contributed by atoms with Gasteiger partial charge in [0.2, 0.25) is 0 Å². The van der Waals surface area contributed by atoms with E-state index in [0.29, 0.717) is 23.0 Å². The Balaban J connectivity index is 2.23. The molecular formula is C10H18N2O2. The van der Waals surface area contributed by atoms with Crippen molar-refractivity contribution in [3.63, 3.8) is 0 Å². The van der Waals surface area contributed by atoms with Gasteiger partial charge in [-0.3, -0.25) is 0 Å². The monoisotopic (exact) mass is 198 g/mol. The van der Waals surface area contributed by atoms with Crippen LogP contribution in [0.1, 0.15) is 33.6 Å². The minimum Gasteiger partial charge on any atom is -0.411 e. The zero-order valence-electron chi connectivity index (χ0n) is 8.91. The quantitative estimate of drug-likeness (QED) is 0.443. The second kappa shape index (κ2) is 2.70. The summed E-state index contributed by atoms with van der Waals surface area (Å²) in [4.78, 5) is 0. The summed E-state index contributed by atoms with van der Waals surface area (Å²) in [5, 5.41) is 21.3. The van der Waals surface area contributed by atoms with Gasteiger partial charge in [-0.05, 0) is 37.0 Å². The third-order valence-electron chi connectivity index (χ3n) is 4.33. The molecule has 0 radical (unpaired) electrons. The van der Waals surface area contributed by atoms with Gasteiger partial charge in [-0.2, -0.15) is 5.48 Å². The predicted octanol–water partition coefficient (Wildman–Crippen LogP) is 1.62. The van der Waals surface area contributed by atoms with Crippen molar-refractivity contribution in [1.82, 2.24) is 5.48 Å². The summed E-state index contributed by atoms with van der Waals surface area (Å²) >= 11 is 0. The first kappa shape index (κ1) is 9.93. The number of hydroxylamine groups is 1. The van der Waals surface area contributed by atoms with Gasteiger partial charge in [-0.1, -0.05) is 19.0 Å². The van der Waals surface area contributed by atoms with Crippen LogP contribution in [0, 0.1) is 17.3 Å². The number of hydrogen-bond acceptors (Lipinski definition) is 4. The maximum Gasteiger partial charge on any atom is 0.0818 e. The van der Waals surface area contributed by atoms with Gasteiger partial charge in [0.1, 0.15) is 0 Å². The van der Waals surface area contributed by atoms with Gasteiger partial charge in [-0.15, -0.1) is 0 Å². The lowest BCUT2D eigenvalue weighted by atomic mass is 9.82. The van der Waals surface area contributed by atoms with Crippen molar-refractivity contribution in [3.8, 4) is 0 Å². The van der Waals surface area contributed by atoms with Gasteiger partial charge in [0.05, 0.1) is 11.3 Å². The van der Waals surface area contributed by atoms with Crippen LogP contribution >= 0.6 is 0 Å². The molecule has 0 spiro atoms. The van der Waals surface area contributed by atoms with Crippen molar-refractivity contribution in [2.75, 3.05) is 0 Å². The lowest BCUT2D eigenvalue weighted by Gasteiger charge is -2.32. The van der Waals surface area contributed by atoms with Crippen LogP contribution in [-0.4, -0.2) is 21.7 Å². The average molecular weight is 198 g/mol. The van der Waals surface area contributed by atoms with Gasteiger partial charge >= 0.3 is 0 Å². The Morgan fingerprint density at radius 3 is 2.50 bits per heavy atom. The third-order valence-corrected chi connectivity index (χ3v) is 4.33. The Morgan fingerprint density at radius 1 is 1.36 bits per heavy atom. The van der Waals surface area contributed by atoms with Crippen LogP contribution < -0.4 is 5.48 Å². The Labute approximate surface area is 84.0 Å². The van der Waals surface area contributed by atoms with Crippen LogP contribution in [0.15, 0.2) is 5.16 Å². The molecule has 3 N–H and O–H groups in total. The zero-order valence-corrected chi connectivity index (χ0v) is 8.91. The van der Waals surface area contributed by atoms with Gasteiger partial charge in [0, 0.05) is 0 Å². The smallest absolute Gasteiger partial charge is 0.0818 e. The van der Waals surface area contributed by atoms with Crippen LogP contribution in [0.2, 0.25) is 0 Å². The van der Waals surface area contributed by atoms with Crippen LogP contribution in [0.3, 0.4) is 0 Å². The highest BCUT2D eigenvalue weighted by atomic mass is 16.5. The fourth-order valence-corrected chi connectivity index (χ4v) is 2.92. The Kier molecular flexibility index (Phi) is 1.92. The van der Waals surface area contributed by atoms with Gasteiger partial charge in [-0.25, -0.2) is 0 Å². The Bertz CT molecular complexity index is 288. The highest BCUT2D eigenvalue weighted by Crippen LogP contribution is 2.65. The summed E-state index contributed by atoms with van der Waals surface area (Å²) < 4.78 is 0. The summed E-state index contributed by atoms with van der Waals surface area (Å²) in [6.07, 6.45) is 1.64. The lowest BCUT2D eigenvalue weighted by molar-refractivity contribution is 0.0902. The predicted molar refractivity (Wildman–Crippen MR) is 52.5 cm³/mol. The summed E-state index contributed by atoms with van der Waals surface area (Å²) in [5.41, 5.74) is 2.76. The first-order chi connectivity index (χ1) is 6.45. The average Bonchev–Trinajstić information content (AvgIpc) is 2.66. The molecule has 4 heteroatoms. The minimum absolute atomic E-state index is 0.338. The number of nitrogens with one attached hydrogen (secondary N) is 1. The highest BCUT2D eigenvalue weighted by molar-refractivity contribution is 5.94. The second-order valence-corrected chi connectivity index (χ2v) is 5.43. The van der Waals surface area contributed by atoms with E-state index in [1.54, 1.807) is 0 Å². The number of oxime groups is 1. The molecule has 4 nitrogen and oxygen atoms in total. The fourth-order valence-electron chi connectivity index (χ4n) is 2.92. The molecule has 80 valence electrons. The molecule has 0 aromatic carbocycles. The van der Waals surface area contributed by atoms with Crippen molar-refractivity contribution >= 4 is 5.71 Å². The van der Waals surface area contributed by atoms with Crippen molar-refractivity contribution in [3.05, 3.63) is 0 Å². The van der Waals surface area contributed by atoms with E-state index in [4.69, 9.17) is 10.4 Å². The lowest BCUT2D eigenvalue weighted by Crippen LogP contribution is -2.50. The van der Waals surface area contributed by atoms with Crippen molar-refractivity contribution < 1.29 is 10.4 Å². The number of hydrogen-bond donors (Lipinski definition) is 3. The van der Waals surface area contributed by atoms with E-state index in [-0.39, 0.29) is 0 Å². The molecule has 2 aliphatic rings. The second-order valence-electron chi connectivity index (χ2n) is 5.43. The molecule has 2 saturated carbocycles. The summed E-state index contributed by atoms with van der Waals surface area (Å²) in [6.45, 7) is 6.35. The summed E-state index contributed by atoms with van der Waals surface area (Å²) in [5.74, 6) is 1.26. The number of fused-ring (bicyclic) bond motifs is 1. The minimum atomic E-state index is -0.538. The van der Waals surface area contributed by atoms with E-state index in [2.05, 4.69) is 24.5 Å². The molecule has 3 unspecified atom stereocenters. The third kappa shape index (κ3) is 1.10. The molecule has 0 bridgehead atoms. The maximum absolute atomic E-state index is 9.12. The first-order valence-electron chi connectivity index (χ1n) is 5.08. The molecule has 3 atom stereocenters. The SMILES string of the molecule is CC1(NO)CC2C(CC1=NO)C2(C)C. The number of nitrogens with zero attached hydrogens (tertiary/aromatic N) is 1. The van der Waals surface area contributed by atoms with Crippen molar-refractivity contribution in [2.45, 2.75) is 39.2 Å². The molecule has 0 aliphatic heterocycles. The highest BCUT2D eigenvalue weighted by Gasteiger charge is 2.63. The normalized spacial score (nSPS) is 47.6. The van der Waals surface area contributed by atoms with Gasteiger partial charge in [0.15, 0.2) is 0 Å². The van der Waals surface area contributed by atoms with Crippen LogP contribution in [0.25, 0.3) is 0 Å². The standard InChI is InChI=1S/C10H18N2O2/c1-9(2)6-4-8(11-13)10(3,12-14)5-7(6)9/h6-7,12-14H,4-5H2,1-3H3. The van der Waals surface area contributed by atoms with Crippen LogP contribution in [0.4, 0.5) is 0 Å². The molecule has 2 fully saturated rings. The molecule has 0 heterocycles. The summed E-state index contributed by atoms with van der Waals surface area (Å²) in [7, 11) is 0. The van der Waals surface area contributed by atoms with Crippen molar-refractivity contribution in [2.24, 2.45) is 22.4 Å². The van der Waals surface area contributed by atoms with Crippen LogP contribution in [0.5, 0.6) is 0 Å². The maximum atomic E-state index is 9.12. The van der Waals surface area contributed by atoms with E-state index in [1.807, 2.05) is 6.92 Å². The summed E-state index contributed by atoms with van der Waals surface area (Å²) in [6, 6.07) is 0. The molecule has 0 saturated heterocycles. The van der Waals surface area contributed by atoms with E-state index < -0.39 is 5.54 Å². The molecule has 14 heavy (non-hydrogen) atoms. The van der Waals surface area contributed by atoms with E-state index in [1.165, 1.54) is 0 Å². The number of rotatable bonds is 1. The molecule has 0 aromatic heterocycles.